The molecular formula is C27H25N3O5. The average molecular weight is 472 g/mol. The van der Waals surface area contributed by atoms with Gasteiger partial charge in [-0.15, -0.1) is 0 Å². The molecule has 0 unspecified atom stereocenters. The van der Waals surface area contributed by atoms with Gasteiger partial charge < -0.3 is 23.4 Å². The lowest BCUT2D eigenvalue weighted by atomic mass is 10.0. The van der Waals surface area contributed by atoms with E-state index >= 15 is 0 Å². The summed E-state index contributed by atoms with van der Waals surface area (Å²) in [5.74, 6) is 2.04. The molecule has 1 aromatic carbocycles. The molecule has 0 bridgehead atoms. The highest BCUT2D eigenvalue weighted by Gasteiger charge is 2.21. The highest BCUT2D eigenvalue weighted by molar-refractivity contribution is 6.07. The number of ether oxygens (including phenoxy) is 1. The molecule has 0 aliphatic rings. The Balaban J connectivity index is 1.32. The number of aromatic nitrogens is 2. The highest BCUT2D eigenvalue weighted by Crippen LogP contribution is 2.30. The van der Waals surface area contributed by atoms with Gasteiger partial charge in [0.05, 0.1) is 35.2 Å². The Hall–Kier alpha value is -4.17. The number of nitrogens with one attached hydrogen (secondary N) is 1. The van der Waals surface area contributed by atoms with E-state index in [0.29, 0.717) is 47.8 Å². The van der Waals surface area contributed by atoms with E-state index in [1.807, 2.05) is 56.3 Å². The molecule has 5 rings (SSSR count). The lowest BCUT2D eigenvalue weighted by Gasteiger charge is -2.09. The highest BCUT2D eigenvalue weighted by atomic mass is 16.5. The van der Waals surface area contributed by atoms with Crippen molar-refractivity contribution in [3.05, 3.63) is 94.5 Å². The van der Waals surface area contributed by atoms with Crippen molar-refractivity contribution < 1.29 is 22.9 Å². The van der Waals surface area contributed by atoms with Crippen LogP contribution in [0.1, 0.15) is 44.5 Å². The van der Waals surface area contributed by atoms with Crippen LogP contribution in [0.15, 0.2) is 68.2 Å². The molecule has 0 saturated carbocycles. The fraction of sp³-hybridized carbons (Fsp3) is 0.222. The van der Waals surface area contributed by atoms with Gasteiger partial charge in [0.1, 0.15) is 23.9 Å². The number of hydrogen-bond donors (Lipinski definition) is 1. The van der Waals surface area contributed by atoms with Crippen molar-refractivity contribution in [3.63, 3.8) is 0 Å². The lowest BCUT2D eigenvalue weighted by Crippen LogP contribution is -2.23. The third kappa shape index (κ3) is 4.88. The maximum atomic E-state index is 13.3. The smallest absolute Gasteiger partial charge is 0.259 e. The van der Waals surface area contributed by atoms with Gasteiger partial charge in [-0.25, -0.2) is 4.98 Å². The Morgan fingerprint density at radius 2 is 1.89 bits per heavy atom. The predicted molar refractivity (Wildman–Crippen MR) is 129 cm³/mol. The Morgan fingerprint density at radius 1 is 1.03 bits per heavy atom. The molecule has 8 heteroatoms. The van der Waals surface area contributed by atoms with Crippen LogP contribution in [0, 0.1) is 20.8 Å². The zero-order valence-electron chi connectivity index (χ0n) is 19.8. The van der Waals surface area contributed by atoms with Crippen LogP contribution in [0.5, 0.6) is 0 Å². The van der Waals surface area contributed by atoms with Gasteiger partial charge in [-0.05, 0) is 56.2 Å². The molecular weight excluding hydrogens is 446 g/mol. The molecule has 0 atom stereocenters. The summed E-state index contributed by atoms with van der Waals surface area (Å²) in [4.78, 5) is 17.8. The Bertz CT molecular complexity index is 1480. The van der Waals surface area contributed by atoms with Crippen LogP contribution in [-0.2, 0) is 24.5 Å². The first-order valence-electron chi connectivity index (χ1n) is 11.3. The van der Waals surface area contributed by atoms with Crippen molar-refractivity contribution in [1.82, 2.24) is 15.5 Å². The van der Waals surface area contributed by atoms with Crippen molar-refractivity contribution in [3.8, 4) is 11.3 Å². The molecule has 0 saturated heterocycles. The molecule has 35 heavy (non-hydrogen) atoms. The summed E-state index contributed by atoms with van der Waals surface area (Å²) in [7, 11) is 0. The van der Waals surface area contributed by atoms with Crippen molar-refractivity contribution in [2.75, 3.05) is 0 Å². The van der Waals surface area contributed by atoms with Crippen LogP contribution in [0.25, 0.3) is 22.4 Å². The molecule has 5 aromatic rings. The number of fused-ring (bicyclic) bond motifs is 1. The van der Waals surface area contributed by atoms with E-state index in [2.05, 4.69) is 15.5 Å². The molecule has 0 spiro atoms. The first-order valence-corrected chi connectivity index (χ1v) is 11.3. The second-order valence-electron chi connectivity index (χ2n) is 8.40. The van der Waals surface area contributed by atoms with E-state index < -0.39 is 0 Å². The second-order valence-corrected chi connectivity index (χ2v) is 8.40. The molecule has 8 nitrogen and oxygen atoms in total. The van der Waals surface area contributed by atoms with Crippen LogP contribution in [0.2, 0.25) is 0 Å². The molecule has 0 aliphatic carbocycles. The standard InChI is InChI=1S/C27H25N3O5/c1-16-10-22(18(3)34-16)24-12-23(25-17(2)30-35-27(25)29-24)26(31)28-13-19-6-4-7-20(11-19)14-32-15-21-8-5-9-33-21/h4-12H,13-15H2,1-3H3,(H,28,31). The van der Waals surface area contributed by atoms with E-state index in [0.717, 1.165) is 34.0 Å². The number of rotatable bonds is 8. The number of aryl methyl sites for hydroxylation is 3. The molecule has 0 aliphatic heterocycles. The number of carbonyl (C=O) groups excluding carboxylic acids is 1. The van der Waals surface area contributed by atoms with Crippen molar-refractivity contribution in [1.29, 1.82) is 0 Å². The predicted octanol–water partition coefficient (Wildman–Crippen LogP) is 5.65. The fourth-order valence-electron chi connectivity index (χ4n) is 4.07. The Kier molecular flexibility index (Phi) is 6.20. The maximum absolute atomic E-state index is 13.3. The zero-order chi connectivity index (χ0) is 24.4. The minimum absolute atomic E-state index is 0.234. The molecule has 178 valence electrons. The first-order chi connectivity index (χ1) is 17.0. The number of amides is 1. The number of carbonyl (C=O) groups is 1. The normalized spacial score (nSPS) is 11.3. The molecule has 4 heterocycles. The third-order valence-electron chi connectivity index (χ3n) is 5.72. The number of hydrogen-bond acceptors (Lipinski definition) is 7. The SMILES string of the molecule is Cc1cc(-c2cc(C(=O)NCc3cccc(COCc4ccco4)c3)c3c(C)noc3n2)c(C)o1. The summed E-state index contributed by atoms with van der Waals surface area (Å²) in [6.45, 7) is 6.74. The van der Waals surface area contributed by atoms with Crippen molar-refractivity contribution in [2.45, 2.75) is 40.5 Å². The molecule has 4 aromatic heterocycles. The van der Waals surface area contributed by atoms with Crippen LogP contribution < -0.4 is 5.32 Å². The summed E-state index contributed by atoms with van der Waals surface area (Å²) in [5, 5.41) is 7.63. The van der Waals surface area contributed by atoms with E-state index in [-0.39, 0.29) is 5.91 Å². The van der Waals surface area contributed by atoms with E-state index in [1.165, 1.54) is 0 Å². The minimum atomic E-state index is -0.234. The largest absolute Gasteiger partial charge is 0.467 e. The number of pyridine rings is 1. The minimum Gasteiger partial charge on any atom is -0.467 e. The molecule has 0 radical (unpaired) electrons. The summed E-state index contributed by atoms with van der Waals surface area (Å²) in [6, 6.07) is 15.3. The van der Waals surface area contributed by atoms with Gasteiger partial charge in [-0.1, -0.05) is 29.4 Å². The van der Waals surface area contributed by atoms with E-state index in [9.17, 15) is 4.79 Å². The molecule has 1 N–H and O–H groups in total. The number of nitrogens with zero attached hydrogens (tertiary/aromatic N) is 2. The Morgan fingerprint density at radius 3 is 2.66 bits per heavy atom. The molecule has 1 amide bonds. The van der Waals surface area contributed by atoms with Gasteiger partial charge in [-0.2, -0.15) is 0 Å². The van der Waals surface area contributed by atoms with E-state index in [1.54, 1.807) is 19.3 Å². The van der Waals surface area contributed by atoms with Gasteiger partial charge in [0.25, 0.3) is 11.6 Å². The van der Waals surface area contributed by atoms with Crippen LogP contribution in [0.4, 0.5) is 0 Å². The van der Waals surface area contributed by atoms with Crippen LogP contribution in [0.3, 0.4) is 0 Å². The first kappa shape index (κ1) is 22.6. The van der Waals surface area contributed by atoms with Gasteiger partial charge in [0, 0.05) is 12.1 Å². The van der Waals surface area contributed by atoms with Crippen molar-refractivity contribution in [2.24, 2.45) is 0 Å². The van der Waals surface area contributed by atoms with Crippen LogP contribution >= 0.6 is 0 Å². The summed E-state index contributed by atoms with van der Waals surface area (Å²) in [5.41, 5.74) is 4.78. The molecule has 0 fully saturated rings. The third-order valence-corrected chi connectivity index (χ3v) is 5.72. The number of furan rings is 2. The summed E-state index contributed by atoms with van der Waals surface area (Å²) in [6.07, 6.45) is 1.62. The Labute approximate surface area is 201 Å². The topological polar surface area (TPSA) is 104 Å². The quantitative estimate of drug-likeness (QED) is 0.312. The lowest BCUT2D eigenvalue weighted by molar-refractivity contribution is 0.0928. The maximum Gasteiger partial charge on any atom is 0.259 e. The van der Waals surface area contributed by atoms with Gasteiger partial charge in [0.2, 0.25) is 0 Å². The zero-order valence-corrected chi connectivity index (χ0v) is 19.8. The fourth-order valence-corrected chi connectivity index (χ4v) is 4.07. The van der Waals surface area contributed by atoms with E-state index in [4.69, 9.17) is 18.1 Å². The van der Waals surface area contributed by atoms with Gasteiger partial charge in [0.15, 0.2) is 0 Å². The monoisotopic (exact) mass is 471 g/mol. The second kappa shape index (κ2) is 9.60. The average Bonchev–Trinajstić information content (AvgIpc) is 3.58. The van der Waals surface area contributed by atoms with Gasteiger partial charge in [-0.3, -0.25) is 4.79 Å². The summed E-state index contributed by atoms with van der Waals surface area (Å²) >= 11 is 0. The van der Waals surface area contributed by atoms with Crippen molar-refractivity contribution >= 4 is 17.0 Å². The van der Waals surface area contributed by atoms with Gasteiger partial charge >= 0.3 is 0 Å². The van der Waals surface area contributed by atoms with Crippen LogP contribution in [-0.4, -0.2) is 16.0 Å². The summed E-state index contributed by atoms with van der Waals surface area (Å²) < 4.78 is 22.1. The number of benzene rings is 1.